The second-order valence-electron chi connectivity index (χ2n) is 8.05. The van der Waals surface area contributed by atoms with E-state index in [9.17, 15) is 0 Å². The molecule has 0 spiro atoms. The quantitative estimate of drug-likeness (QED) is 0.342. The number of halogens is 2. The van der Waals surface area contributed by atoms with Gasteiger partial charge in [0.15, 0.2) is 8.32 Å². The zero-order chi connectivity index (χ0) is 19.8. The molecule has 0 unspecified atom stereocenters. The van der Waals surface area contributed by atoms with Gasteiger partial charge in [0.1, 0.15) is 8.32 Å². The van der Waals surface area contributed by atoms with Gasteiger partial charge in [-0.3, -0.25) is 0 Å². The Morgan fingerprint density at radius 2 is 1.46 bits per heavy atom. The molecule has 0 saturated carbocycles. The normalized spacial score (nSPS) is 10.5. The molecule has 0 aromatic heterocycles. The fraction of sp³-hybridized carbons (Fsp3) is 0.318. The SMILES string of the molecule is C[C](C)=[Zr+2].C[Si](C)(C)O[Si](C)(C)c1cc[cH-]c1.[Cl-].[Cl-].c1ccc2[cH-]ccc2c1. The van der Waals surface area contributed by atoms with E-state index in [1.165, 1.54) is 19.2 Å². The number of hydrogen-bond acceptors (Lipinski definition) is 1. The molecule has 0 N–H and O–H groups in total. The van der Waals surface area contributed by atoms with Crippen molar-refractivity contribution in [2.45, 2.75) is 46.6 Å². The van der Waals surface area contributed by atoms with Gasteiger partial charge in [-0.1, -0.05) is 19.2 Å². The number of benzene rings is 1. The molecule has 0 bridgehead atoms. The average Bonchev–Trinajstić information content (AvgIpc) is 3.17. The van der Waals surface area contributed by atoms with E-state index in [1.54, 1.807) is 24.2 Å². The van der Waals surface area contributed by atoms with Crippen LogP contribution >= 0.6 is 0 Å². The topological polar surface area (TPSA) is 9.23 Å². The molecule has 1 nitrogen and oxygen atoms in total. The Bertz CT molecular complexity index is 756. The largest absolute Gasteiger partial charge is 1.00 e. The van der Waals surface area contributed by atoms with Crippen LogP contribution in [0.5, 0.6) is 0 Å². The van der Waals surface area contributed by atoms with Gasteiger partial charge in [0.05, 0.1) is 0 Å². The van der Waals surface area contributed by atoms with Gasteiger partial charge in [-0.15, -0.1) is 29.7 Å². The molecule has 154 valence electrons. The maximum atomic E-state index is 6.25. The van der Waals surface area contributed by atoms with Crippen LogP contribution in [0.1, 0.15) is 13.8 Å². The summed E-state index contributed by atoms with van der Waals surface area (Å²) >= 11 is 1.55. The van der Waals surface area contributed by atoms with E-state index >= 15 is 0 Å². The second kappa shape index (κ2) is 14.0. The summed E-state index contributed by atoms with van der Waals surface area (Å²) in [6.07, 6.45) is 0. The van der Waals surface area contributed by atoms with Gasteiger partial charge < -0.3 is 28.9 Å². The van der Waals surface area contributed by atoms with E-state index in [0.717, 1.165) is 0 Å². The molecule has 0 aliphatic rings. The minimum absolute atomic E-state index is 0. The van der Waals surface area contributed by atoms with Crippen LogP contribution in [0.2, 0.25) is 32.7 Å². The first kappa shape index (κ1) is 30.1. The van der Waals surface area contributed by atoms with E-state index in [1.807, 2.05) is 0 Å². The maximum absolute atomic E-state index is 6.25. The Morgan fingerprint density at radius 3 is 1.93 bits per heavy atom. The van der Waals surface area contributed by atoms with Crippen molar-refractivity contribution < 1.29 is 53.2 Å². The van der Waals surface area contributed by atoms with Crippen LogP contribution in [0.3, 0.4) is 0 Å². The molecule has 6 heteroatoms. The molecule has 0 atom stereocenters. The third-order valence-electron chi connectivity index (χ3n) is 3.47. The van der Waals surface area contributed by atoms with Crippen LogP contribution in [-0.4, -0.2) is 19.8 Å². The van der Waals surface area contributed by atoms with Crippen LogP contribution < -0.4 is 30.0 Å². The van der Waals surface area contributed by atoms with Gasteiger partial charge in [0, 0.05) is 0 Å². The van der Waals surface area contributed by atoms with Gasteiger partial charge in [0.25, 0.3) is 0 Å². The van der Waals surface area contributed by atoms with Crippen molar-refractivity contribution in [1.29, 1.82) is 0 Å². The summed E-state index contributed by atoms with van der Waals surface area (Å²) in [7, 11) is -2.99. The molecule has 0 aliphatic carbocycles. The molecule has 0 saturated heterocycles. The molecule has 3 aromatic carbocycles. The molecule has 0 amide bonds. The Morgan fingerprint density at radius 1 is 0.893 bits per heavy atom. The summed E-state index contributed by atoms with van der Waals surface area (Å²) in [6, 6.07) is 23.2. The predicted molar refractivity (Wildman–Crippen MR) is 119 cm³/mol. The van der Waals surface area contributed by atoms with Crippen LogP contribution in [-0.2, 0) is 28.4 Å². The molecule has 0 heterocycles. The Kier molecular flexibility index (Phi) is 15.1. The molecule has 3 aromatic rings. The van der Waals surface area contributed by atoms with E-state index < -0.39 is 16.6 Å². The number of rotatable bonds is 3. The fourth-order valence-electron chi connectivity index (χ4n) is 2.67. The molecule has 0 aliphatic heterocycles. The smallest absolute Gasteiger partial charge is 0.169 e. The molecule has 0 fully saturated rings. The first-order valence-corrected chi connectivity index (χ1v) is 16.6. The minimum atomic E-state index is -1.60. The first-order valence-electron chi connectivity index (χ1n) is 9.06. The minimum Gasteiger partial charge on any atom is -1.00 e. The molecule has 0 radical (unpaired) electrons. The Labute approximate surface area is 201 Å². The van der Waals surface area contributed by atoms with E-state index in [2.05, 4.69) is 113 Å². The standard InChI is InChI=1S/C10H19OSi2.C9H7.C3H6.2ClH.Zr/c1-12(2,3)11-13(4,5)10-8-6-7-9-10;1-2-5-9-7-3-6-8(9)4-1;1-3-2;;;/h6-9H,1-5H3;1-7H;1-2H3;2*1H;/q2*-1;;;;+2/p-2. The Balaban J connectivity index is 0. The summed E-state index contributed by atoms with van der Waals surface area (Å²) < 4.78 is 7.75. The third kappa shape index (κ3) is 12.5. The van der Waals surface area contributed by atoms with Crippen molar-refractivity contribution in [3.63, 3.8) is 0 Å². The monoisotopic (exact) mass is 528 g/mol. The first-order chi connectivity index (χ1) is 12.0. The van der Waals surface area contributed by atoms with Gasteiger partial charge in [-0.2, -0.15) is 40.9 Å². The van der Waals surface area contributed by atoms with Gasteiger partial charge >= 0.3 is 41.3 Å². The summed E-state index contributed by atoms with van der Waals surface area (Å²) in [5.74, 6) is 0. The number of fused-ring (bicyclic) bond motifs is 1. The second-order valence-corrected chi connectivity index (χ2v) is 19.2. The van der Waals surface area contributed by atoms with Crippen molar-refractivity contribution >= 4 is 35.8 Å². The van der Waals surface area contributed by atoms with Gasteiger partial charge in [-0.25, -0.2) is 6.07 Å². The van der Waals surface area contributed by atoms with E-state index in [-0.39, 0.29) is 24.8 Å². The zero-order valence-electron chi connectivity index (χ0n) is 18.0. The van der Waals surface area contributed by atoms with Crippen LogP contribution in [0.15, 0.2) is 66.7 Å². The summed E-state index contributed by atoms with van der Waals surface area (Å²) in [5.41, 5.74) is 0. The molecule has 3 rings (SSSR count). The zero-order valence-corrected chi connectivity index (χ0v) is 24.0. The van der Waals surface area contributed by atoms with Gasteiger partial charge in [-0.05, 0) is 19.6 Å². The van der Waals surface area contributed by atoms with Crippen LogP contribution in [0.25, 0.3) is 10.8 Å². The Hall–Kier alpha value is -0.0931. The summed E-state index contributed by atoms with van der Waals surface area (Å²) in [5, 5.41) is 4.07. The maximum Gasteiger partial charge on any atom is 0.169 e. The van der Waals surface area contributed by atoms with E-state index in [0.29, 0.717) is 0 Å². The molecular formula is C22H32Cl2OSi2Zr-2. The third-order valence-corrected chi connectivity index (χ3v) is 9.68. The van der Waals surface area contributed by atoms with Crippen LogP contribution in [0.4, 0.5) is 0 Å². The van der Waals surface area contributed by atoms with Crippen molar-refractivity contribution in [3.05, 3.63) is 66.7 Å². The van der Waals surface area contributed by atoms with Crippen molar-refractivity contribution in [2.75, 3.05) is 0 Å². The fourth-order valence-corrected chi connectivity index (χ4v) is 10.3. The number of hydrogen-bond donors (Lipinski definition) is 0. The summed E-state index contributed by atoms with van der Waals surface area (Å²) in [6.45, 7) is 15.6. The van der Waals surface area contributed by atoms with E-state index in [4.69, 9.17) is 4.12 Å². The van der Waals surface area contributed by atoms with Gasteiger partial charge in [0.2, 0.25) is 0 Å². The summed E-state index contributed by atoms with van der Waals surface area (Å²) in [4.78, 5) is 0. The van der Waals surface area contributed by atoms with Crippen molar-refractivity contribution in [3.8, 4) is 0 Å². The predicted octanol–water partition coefficient (Wildman–Crippen LogP) is -0.0188. The average molecular weight is 531 g/mol. The molecular weight excluding hydrogens is 499 g/mol. The van der Waals surface area contributed by atoms with Crippen molar-refractivity contribution in [1.82, 2.24) is 0 Å². The molecule has 28 heavy (non-hydrogen) atoms. The van der Waals surface area contributed by atoms with Crippen LogP contribution in [0, 0.1) is 0 Å². The van der Waals surface area contributed by atoms with Crippen molar-refractivity contribution in [2.24, 2.45) is 0 Å².